The second-order valence-corrected chi connectivity index (χ2v) is 5.72. The lowest BCUT2D eigenvalue weighted by Gasteiger charge is -2.22. The van der Waals surface area contributed by atoms with Crippen LogP contribution < -0.4 is 5.73 Å². The van der Waals surface area contributed by atoms with E-state index in [1.807, 2.05) is 48.5 Å². The van der Waals surface area contributed by atoms with E-state index in [4.69, 9.17) is 15.6 Å². The molecule has 0 radical (unpaired) electrons. The van der Waals surface area contributed by atoms with Crippen molar-refractivity contribution in [1.29, 1.82) is 0 Å². The normalized spacial score (nSPS) is 15.6. The Bertz CT molecular complexity index is 681. The van der Waals surface area contributed by atoms with Gasteiger partial charge >= 0.3 is 5.97 Å². The third-order valence-corrected chi connectivity index (χ3v) is 4.19. The van der Waals surface area contributed by atoms with E-state index in [9.17, 15) is 9.90 Å². The molecule has 0 fully saturated rings. The summed E-state index contributed by atoms with van der Waals surface area (Å²) in [6.45, 7) is -0.297. The van der Waals surface area contributed by atoms with Crippen molar-refractivity contribution in [2.24, 2.45) is 5.73 Å². The molecule has 120 valence electrons. The zero-order valence-corrected chi connectivity index (χ0v) is 12.6. The smallest absolute Gasteiger partial charge is 0.353 e. The third-order valence-electron chi connectivity index (χ3n) is 4.19. The number of rotatable bonds is 5. The minimum atomic E-state index is -2.16. The second kappa shape index (κ2) is 6.12. The van der Waals surface area contributed by atoms with Gasteiger partial charge in [-0.25, -0.2) is 4.79 Å². The van der Waals surface area contributed by atoms with Crippen LogP contribution in [-0.2, 0) is 9.53 Å². The van der Waals surface area contributed by atoms with Gasteiger partial charge in [0, 0.05) is 18.9 Å². The number of hydrogen-bond donors (Lipinski definition) is 3. The molecule has 1 aliphatic carbocycles. The molecule has 23 heavy (non-hydrogen) atoms. The number of ether oxygens (including phenoxy) is 1. The van der Waals surface area contributed by atoms with Crippen molar-refractivity contribution in [1.82, 2.24) is 0 Å². The molecular formula is C18H19NO4. The number of esters is 1. The Kier molecular flexibility index (Phi) is 4.17. The SMILES string of the molecule is NC(O)(CCO)C(=O)OCC1c2ccccc2-c2ccccc21. The summed E-state index contributed by atoms with van der Waals surface area (Å²) in [5, 5.41) is 18.6. The Labute approximate surface area is 134 Å². The Balaban J connectivity index is 1.82. The van der Waals surface area contributed by atoms with Crippen LogP contribution in [0.2, 0.25) is 0 Å². The molecule has 5 nitrogen and oxygen atoms in total. The highest BCUT2D eigenvalue weighted by Gasteiger charge is 2.35. The first-order valence-electron chi connectivity index (χ1n) is 7.52. The van der Waals surface area contributed by atoms with Gasteiger partial charge in [-0.05, 0) is 22.3 Å². The molecule has 1 unspecified atom stereocenters. The average molecular weight is 313 g/mol. The molecule has 4 N–H and O–H groups in total. The van der Waals surface area contributed by atoms with Gasteiger partial charge < -0.3 is 14.9 Å². The maximum Gasteiger partial charge on any atom is 0.353 e. The molecule has 1 atom stereocenters. The predicted octanol–water partition coefficient (Wildman–Crippen LogP) is 1.37. The molecule has 3 rings (SSSR count). The van der Waals surface area contributed by atoms with Gasteiger partial charge in [0.25, 0.3) is 0 Å². The van der Waals surface area contributed by atoms with Gasteiger partial charge in [-0.3, -0.25) is 5.73 Å². The topological polar surface area (TPSA) is 92.8 Å². The first-order valence-corrected chi connectivity index (χ1v) is 7.52. The fourth-order valence-corrected chi connectivity index (χ4v) is 3.00. The number of carbonyl (C=O) groups is 1. The average Bonchev–Trinajstić information content (AvgIpc) is 2.87. The van der Waals surface area contributed by atoms with Crippen LogP contribution in [0.1, 0.15) is 23.5 Å². The summed E-state index contributed by atoms with van der Waals surface area (Å²) in [4.78, 5) is 11.9. The lowest BCUT2D eigenvalue weighted by atomic mass is 9.98. The highest BCUT2D eigenvalue weighted by Crippen LogP contribution is 2.44. The highest BCUT2D eigenvalue weighted by molar-refractivity contribution is 5.80. The van der Waals surface area contributed by atoms with Gasteiger partial charge in [-0.1, -0.05) is 48.5 Å². The Hall–Kier alpha value is -2.21. The lowest BCUT2D eigenvalue weighted by molar-refractivity contribution is -0.166. The molecule has 0 heterocycles. The van der Waals surface area contributed by atoms with Gasteiger partial charge in [0.15, 0.2) is 0 Å². The number of carbonyl (C=O) groups excluding carboxylic acids is 1. The van der Waals surface area contributed by atoms with Crippen molar-refractivity contribution in [2.45, 2.75) is 18.1 Å². The van der Waals surface area contributed by atoms with Crippen LogP contribution in [0.25, 0.3) is 11.1 Å². The van der Waals surface area contributed by atoms with Crippen molar-refractivity contribution >= 4 is 5.97 Å². The summed E-state index contributed by atoms with van der Waals surface area (Å²) < 4.78 is 5.23. The molecule has 1 aliphatic rings. The number of nitrogens with two attached hydrogens (primary N) is 1. The Morgan fingerprint density at radius 1 is 1.09 bits per heavy atom. The van der Waals surface area contributed by atoms with Crippen LogP contribution in [0.4, 0.5) is 0 Å². The van der Waals surface area contributed by atoms with Gasteiger partial charge in [0.1, 0.15) is 6.61 Å². The summed E-state index contributed by atoms with van der Waals surface area (Å²) in [5.74, 6) is -1.01. The third kappa shape index (κ3) is 2.86. The molecule has 2 aromatic carbocycles. The minimum absolute atomic E-state index is 0.0868. The van der Waals surface area contributed by atoms with E-state index in [0.717, 1.165) is 22.3 Å². The van der Waals surface area contributed by atoms with E-state index in [-0.39, 0.29) is 18.9 Å². The number of aliphatic hydroxyl groups is 2. The maximum atomic E-state index is 11.9. The zero-order valence-electron chi connectivity index (χ0n) is 12.6. The van der Waals surface area contributed by atoms with Crippen LogP contribution in [0.3, 0.4) is 0 Å². The molecule has 2 aromatic rings. The van der Waals surface area contributed by atoms with Gasteiger partial charge in [-0.15, -0.1) is 0 Å². The van der Waals surface area contributed by atoms with Gasteiger partial charge in [0.2, 0.25) is 5.72 Å². The van der Waals surface area contributed by atoms with Crippen molar-refractivity contribution in [3.8, 4) is 11.1 Å². The summed E-state index contributed by atoms with van der Waals surface area (Å²) in [6, 6.07) is 16.0. The molecule has 0 saturated carbocycles. The number of fused-ring (bicyclic) bond motifs is 3. The molecule has 0 bridgehead atoms. The highest BCUT2D eigenvalue weighted by atomic mass is 16.6. The van der Waals surface area contributed by atoms with Crippen LogP contribution in [-0.4, -0.2) is 35.1 Å². The summed E-state index contributed by atoms with van der Waals surface area (Å²) in [6.07, 6.45) is -0.260. The van der Waals surface area contributed by atoms with Crippen molar-refractivity contribution in [3.63, 3.8) is 0 Å². The van der Waals surface area contributed by atoms with E-state index < -0.39 is 18.3 Å². The van der Waals surface area contributed by atoms with Crippen LogP contribution in [0.5, 0.6) is 0 Å². The molecule has 0 aromatic heterocycles. The van der Waals surface area contributed by atoms with E-state index in [1.54, 1.807) is 0 Å². The fraction of sp³-hybridized carbons (Fsp3) is 0.278. The van der Waals surface area contributed by atoms with Crippen LogP contribution in [0.15, 0.2) is 48.5 Å². The van der Waals surface area contributed by atoms with Crippen LogP contribution >= 0.6 is 0 Å². The summed E-state index contributed by atoms with van der Waals surface area (Å²) in [7, 11) is 0. The minimum Gasteiger partial charge on any atom is -0.462 e. The predicted molar refractivity (Wildman–Crippen MR) is 85.5 cm³/mol. The molecule has 0 aliphatic heterocycles. The first kappa shape index (κ1) is 15.7. The number of hydrogen-bond acceptors (Lipinski definition) is 5. The van der Waals surface area contributed by atoms with Crippen LogP contribution in [0, 0.1) is 0 Å². The number of benzene rings is 2. The molecule has 0 amide bonds. The molecule has 0 spiro atoms. The monoisotopic (exact) mass is 313 g/mol. The Morgan fingerprint density at radius 2 is 1.61 bits per heavy atom. The largest absolute Gasteiger partial charge is 0.462 e. The first-order chi connectivity index (χ1) is 11.0. The summed E-state index contributed by atoms with van der Waals surface area (Å²) >= 11 is 0. The van der Waals surface area contributed by atoms with E-state index >= 15 is 0 Å². The van der Waals surface area contributed by atoms with Gasteiger partial charge in [0.05, 0.1) is 0 Å². The molecule has 0 saturated heterocycles. The van der Waals surface area contributed by atoms with Crippen molar-refractivity contribution in [2.75, 3.05) is 13.2 Å². The van der Waals surface area contributed by atoms with E-state index in [1.165, 1.54) is 0 Å². The molecule has 5 heteroatoms. The lowest BCUT2D eigenvalue weighted by Crippen LogP contribution is -2.49. The standard InChI is InChI=1S/C18H19NO4/c19-18(22,9-10-20)17(21)23-11-16-14-7-3-1-5-12(14)13-6-2-4-8-15(13)16/h1-8,16,20,22H,9-11,19H2. The summed E-state index contributed by atoms with van der Waals surface area (Å²) in [5.41, 5.74) is 7.73. The maximum absolute atomic E-state index is 11.9. The number of aliphatic hydroxyl groups excluding tert-OH is 1. The van der Waals surface area contributed by atoms with E-state index in [2.05, 4.69) is 0 Å². The van der Waals surface area contributed by atoms with E-state index in [0.29, 0.717) is 0 Å². The van der Waals surface area contributed by atoms with Gasteiger partial charge in [-0.2, -0.15) is 0 Å². The molecular weight excluding hydrogens is 294 g/mol. The fourth-order valence-electron chi connectivity index (χ4n) is 3.00. The van der Waals surface area contributed by atoms with Crippen molar-refractivity contribution in [3.05, 3.63) is 59.7 Å². The Morgan fingerprint density at radius 3 is 2.13 bits per heavy atom. The second-order valence-electron chi connectivity index (χ2n) is 5.72. The quantitative estimate of drug-likeness (QED) is 0.573. The van der Waals surface area contributed by atoms with Crippen molar-refractivity contribution < 1.29 is 19.7 Å². The zero-order chi connectivity index (χ0) is 16.4.